The maximum atomic E-state index is 13.1. The first-order valence-corrected chi connectivity index (χ1v) is 12.4. The number of benzene rings is 2. The van der Waals surface area contributed by atoms with Gasteiger partial charge in [0.1, 0.15) is 0 Å². The van der Waals surface area contributed by atoms with Crippen LogP contribution in [-0.4, -0.2) is 65.1 Å². The van der Waals surface area contributed by atoms with Crippen LogP contribution < -0.4 is 4.90 Å². The van der Waals surface area contributed by atoms with E-state index in [9.17, 15) is 4.79 Å². The van der Waals surface area contributed by atoms with Crippen molar-refractivity contribution >= 4 is 34.8 Å². The number of aromatic nitrogens is 2. The standard InChI is InChI=1S/C25H27Cl2N5O2/c26-20-4-1-3-19(15-20)24-28-23(34-29-24)17-30-9-7-18(8-10-30)25(33)32-13-11-31(12-14-32)22-6-2-5-21(27)16-22/h1-6,15-16,18H,7-14,17H2. The zero-order valence-electron chi connectivity index (χ0n) is 18.9. The molecule has 1 amide bonds. The third kappa shape index (κ3) is 5.37. The van der Waals surface area contributed by atoms with E-state index in [0.717, 1.165) is 68.4 Å². The molecular formula is C25H27Cl2N5O2. The Morgan fingerprint density at radius 3 is 2.35 bits per heavy atom. The van der Waals surface area contributed by atoms with Crippen molar-refractivity contribution in [2.24, 2.45) is 5.92 Å². The molecule has 9 heteroatoms. The number of nitrogens with zero attached hydrogens (tertiary/aromatic N) is 5. The monoisotopic (exact) mass is 499 g/mol. The molecule has 0 aliphatic carbocycles. The minimum Gasteiger partial charge on any atom is -0.368 e. The topological polar surface area (TPSA) is 65.7 Å². The van der Waals surface area contributed by atoms with Crippen molar-refractivity contribution in [2.45, 2.75) is 19.4 Å². The Labute approximate surface area is 209 Å². The smallest absolute Gasteiger partial charge is 0.241 e. The number of piperazine rings is 1. The van der Waals surface area contributed by atoms with Crippen molar-refractivity contribution in [3.8, 4) is 11.4 Å². The zero-order valence-corrected chi connectivity index (χ0v) is 20.4. The number of piperidine rings is 1. The summed E-state index contributed by atoms with van der Waals surface area (Å²) in [6, 6.07) is 15.3. The van der Waals surface area contributed by atoms with Gasteiger partial charge in [-0.25, -0.2) is 0 Å². The Morgan fingerprint density at radius 1 is 0.941 bits per heavy atom. The number of amides is 1. The van der Waals surface area contributed by atoms with Crippen LogP contribution in [0.25, 0.3) is 11.4 Å². The van der Waals surface area contributed by atoms with E-state index in [1.165, 1.54) is 0 Å². The lowest BCUT2D eigenvalue weighted by atomic mass is 9.95. The number of hydrogen-bond acceptors (Lipinski definition) is 6. The lowest BCUT2D eigenvalue weighted by Crippen LogP contribution is -2.51. The predicted molar refractivity (Wildman–Crippen MR) is 133 cm³/mol. The molecule has 0 saturated carbocycles. The molecule has 0 bridgehead atoms. The van der Waals surface area contributed by atoms with E-state index in [1.54, 1.807) is 0 Å². The van der Waals surface area contributed by atoms with Crippen molar-refractivity contribution in [1.29, 1.82) is 0 Å². The van der Waals surface area contributed by atoms with Gasteiger partial charge in [-0.3, -0.25) is 9.69 Å². The highest BCUT2D eigenvalue weighted by molar-refractivity contribution is 6.31. The van der Waals surface area contributed by atoms with Crippen LogP contribution in [0.3, 0.4) is 0 Å². The lowest BCUT2D eigenvalue weighted by Gasteiger charge is -2.39. The van der Waals surface area contributed by atoms with E-state index in [4.69, 9.17) is 27.7 Å². The normalized spacial score (nSPS) is 17.8. The Balaban J connectivity index is 1.09. The number of rotatable bonds is 5. The van der Waals surface area contributed by atoms with Gasteiger partial charge in [0, 0.05) is 53.4 Å². The summed E-state index contributed by atoms with van der Waals surface area (Å²) in [5, 5.41) is 5.47. The molecule has 2 saturated heterocycles. The van der Waals surface area contributed by atoms with E-state index in [0.29, 0.717) is 23.3 Å². The number of hydrogen-bond donors (Lipinski definition) is 0. The Hall–Kier alpha value is -2.61. The van der Waals surface area contributed by atoms with Crippen molar-refractivity contribution in [1.82, 2.24) is 19.9 Å². The molecule has 2 aromatic carbocycles. The van der Waals surface area contributed by atoms with Crippen molar-refractivity contribution < 1.29 is 9.32 Å². The van der Waals surface area contributed by atoms with Crippen LogP contribution in [0.1, 0.15) is 18.7 Å². The van der Waals surface area contributed by atoms with Crippen LogP contribution in [0.5, 0.6) is 0 Å². The third-order valence-corrected chi connectivity index (χ3v) is 7.08. The van der Waals surface area contributed by atoms with Crippen LogP contribution in [0.4, 0.5) is 5.69 Å². The summed E-state index contributed by atoms with van der Waals surface area (Å²) in [5.74, 6) is 1.49. The molecule has 5 rings (SSSR count). The molecule has 1 aromatic heterocycles. The van der Waals surface area contributed by atoms with Crippen LogP contribution >= 0.6 is 23.2 Å². The molecule has 0 spiro atoms. The number of likely N-dealkylation sites (tertiary alicyclic amines) is 1. The third-order valence-electron chi connectivity index (χ3n) is 6.61. The highest BCUT2D eigenvalue weighted by Gasteiger charge is 2.31. The van der Waals surface area contributed by atoms with E-state index < -0.39 is 0 Å². The molecule has 34 heavy (non-hydrogen) atoms. The summed E-state index contributed by atoms with van der Waals surface area (Å²) in [4.78, 5) is 24.2. The Bertz CT molecular complexity index is 1140. The second-order valence-corrected chi connectivity index (χ2v) is 9.74. The molecule has 2 fully saturated rings. The number of carbonyl (C=O) groups excluding carboxylic acids is 1. The fraction of sp³-hybridized carbons (Fsp3) is 0.400. The van der Waals surface area contributed by atoms with Gasteiger partial charge in [0.25, 0.3) is 0 Å². The first-order valence-electron chi connectivity index (χ1n) is 11.7. The van der Waals surface area contributed by atoms with Crippen molar-refractivity contribution in [2.75, 3.05) is 44.2 Å². The molecule has 0 N–H and O–H groups in total. The van der Waals surface area contributed by atoms with Gasteiger partial charge in [-0.2, -0.15) is 4.98 Å². The summed E-state index contributed by atoms with van der Waals surface area (Å²) in [5.41, 5.74) is 1.95. The van der Waals surface area contributed by atoms with Gasteiger partial charge < -0.3 is 14.3 Å². The van der Waals surface area contributed by atoms with E-state index >= 15 is 0 Å². The zero-order chi connectivity index (χ0) is 23.5. The molecule has 7 nitrogen and oxygen atoms in total. The number of carbonyl (C=O) groups is 1. The van der Waals surface area contributed by atoms with E-state index in [2.05, 4.69) is 26.0 Å². The molecule has 0 unspecified atom stereocenters. The summed E-state index contributed by atoms with van der Waals surface area (Å²) in [7, 11) is 0. The van der Waals surface area contributed by atoms with Gasteiger partial charge in [0.15, 0.2) is 0 Å². The molecule has 2 aliphatic rings. The van der Waals surface area contributed by atoms with Gasteiger partial charge in [-0.1, -0.05) is 46.6 Å². The number of anilines is 1. The van der Waals surface area contributed by atoms with Gasteiger partial charge in [-0.05, 0) is 56.3 Å². The SMILES string of the molecule is O=C(C1CCN(Cc2nc(-c3cccc(Cl)c3)no2)CC1)N1CCN(c2cccc(Cl)c2)CC1. The second kappa shape index (κ2) is 10.3. The summed E-state index contributed by atoms with van der Waals surface area (Å²) in [6.07, 6.45) is 1.70. The molecule has 3 aromatic rings. The minimum absolute atomic E-state index is 0.0821. The molecule has 0 atom stereocenters. The van der Waals surface area contributed by atoms with Crippen LogP contribution in [0.2, 0.25) is 10.0 Å². The van der Waals surface area contributed by atoms with Gasteiger partial charge >= 0.3 is 0 Å². The van der Waals surface area contributed by atoms with Crippen molar-refractivity contribution in [3.63, 3.8) is 0 Å². The van der Waals surface area contributed by atoms with Crippen LogP contribution in [0, 0.1) is 5.92 Å². The van der Waals surface area contributed by atoms with Crippen LogP contribution in [0.15, 0.2) is 53.1 Å². The Kier molecular flexibility index (Phi) is 7.04. The predicted octanol–water partition coefficient (Wildman–Crippen LogP) is 4.60. The van der Waals surface area contributed by atoms with Crippen molar-refractivity contribution in [3.05, 3.63) is 64.5 Å². The fourth-order valence-corrected chi connectivity index (χ4v) is 5.08. The average molecular weight is 500 g/mol. The first-order chi connectivity index (χ1) is 16.5. The summed E-state index contributed by atoms with van der Waals surface area (Å²) in [6.45, 7) is 5.43. The highest BCUT2D eigenvalue weighted by atomic mass is 35.5. The van der Waals surface area contributed by atoms with Crippen LogP contribution in [-0.2, 0) is 11.3 Å². The molecule has 2 aliphatic heterocycles. The van der Waals surface area contributed by atoms with E-state index in [1.807, 2.05) is 47.4 Å². The molecule has 0 radical (unpaired) electrons. The highest BCUT2D eigenvalue weighted by Crippen LogP contribution is 2.25. The number of halogens is 2. The van der Waals surface area contributed by atoms with E-state index in [-0.39, 0.29) is 11.8 Å². The lowest BCUT2D eigenvalue weighted by molar-refractivity contribution is -0.137. The van der Waals surface area contributed by atoms with Gasteiger partial charge in [0.2, 0.25) is 17.6 Å². The molecule has 3 heterocycles. The molecule has 178 valence electrons. The van der Waals surface area contributed by atoms with Gasteiger partial charge in [0.05, 0.1) is 6.54 Å². The fourth-order valence-electron chi connectivity index (χ4n) is 4.71. The second-order valence-electron chi connectivity index (χ2n) is 8.86. The summed E-state index contributed by atoms with van der Waals surface area (Å²) < 4.78 is 5.45. The summed E-state index contributed by atoms with van der Waals surface area (Å²) >= 11 is 12.2. The largest absolute Gasteiger partial charge is 0.368 e. The quantitative estimate of drug-likeness (QED) is 0.510. The van der Waals surface area contributed by atoms with Gasteiger partial charge in [-0.15, -0.1) is 0 Å². The first kappa shape index (κ1) is 23.1. The average Bonchev–Trinajstić information content (AvgIpc) is 3.33. The maximum absolute atomic E-state index is 13.1. The minimum atomic E-state index is 0.0821. The maximum Gasteiger partial charge on any atom is 0.241 e. The Morgan fingerprint density at radius 2 is 1.65 bits per heavy atom. The molecular weight excluding hydrogens is 473 g/mol.